The summed E-state index contributed by atoms with van der Waals surface area (Å²) in [5.74, 6) is 0. The van der Waals surface area contributed by atoms with Crippen LogP contribution in [0.15, 0.2) is 22.0 Å². The van der Waals surface area contributed by atoms with Gasteiger partial charge in [0.15, 0.2) is 6.29 Å². The minimum absolute atomic E-state index is 0.529. The van der Waals surface area contributed by atoms with Gasteiger partial charge in [-0.1, -0.05) is 0 Å². The molecule has 1 aromatic heterocycles. The third kappa shape index (κ3) is 1.36. The molecule has 0 aliphatic carbocycles. The Hall–Kier alpha value is -0.870. The SMILES string of the molecule is Nc1cc2c(Br)csc2cc1C=O. The maximum absolute atomic E-state index is 10.6. The van der Waals surface area contributed by atoms with Gasteiger partial charge in [0.1, 0.15) is 0 Å². The number of halogens is 1. The summed E-state index contributed by atoms with van der Waals surface area (Å²) in [5.41, 5.74) is 6.76. The molecule has 13 heavy (non-hydrogen) atoms. The smallest absolute Gasteiger partial charge is 0.152 e. The van der Waals surface area contributed by atoms with Crippen molar-refractivity contribution in [1.82, 2.24) is 0 Å². The molecule has 2 N–H and O–H groups in total. The van der Waals surface area contributed by atoms with E-state index in [4.69, 9.17) is 5.73 Å². The van der Waals surface area contributed by atoms with E-state index >= 15 is 0 Å². The Bertz CT molecular complexity index is 478. The molecule has 0 saturated carbocycles. The summed E-state index contributed by atoms with van der Waals surface area (Å²) in [6.45, 7) is 0. The van der Waals surface area contributed by atoms with E-state index in [1.54, 1.807) is 11.3 Å². The molecule has 0 saturated heterocycles. The lowest BCUT2D eigenvalue weighted by molar-refractivity contribution is 0.112. The number of benzene rings is 1. The number of thiophene rings is 1. The van der Waals surface area contributed by atoms with Crippen LogP contribution in [0.25, 0.3) is 10.1 Å². The van der Waals surface area contributed by atoms with E-state index in [-0.39, 0.29) is 0 Å². The molecule has 0 aliphatic rings. The fraction of sp³-hybridized carbons (Fsp3) is 0. The van der Waals surface area contributed by atoms with Crippen molar-refractivity contribution in [3.8, 4) is 0 Å². The average molecular weight is 256 g/mol. The van der Waals surface area contributed by atoms with E-state index in [1.807, 2.05) is 17.5 Å². The molecule has 2 rings (SSSR count). The number of rotatable bonds is 1. The summed E-state index contributed by atoms with van der Waals surface area (Å²) in [4.78, 5) is 10.6. The highest BCUT2D eigenvalue weighted by Crippen LogP contribution is 2.32. The van der Waals surface area contributed by atoms with Crippen LogP contribution in [0.2, 0.25) is 0 Å². The first-order chi connectivity index (χ1) is 6.22. The van der Waals surface area contributed by atoms with Gasteiger partial charge in [0.2, 0.25) is 0 Å². The minimum atomic E-state index is 0.529. The zero-order valence-corrected chi connectivity index (χ0v) is 8.98. The van der Waals surface area contributed by atoms with Gasteiger partial charge in [-0.05, 0) is 28.1 Å². The molecule has 0 radical (unpaired) electrons. The lowest BCUT2D eigenvalue weighted by atomic mass is 10.1. The predicted octanol–water partition coefficient (Wildman–Crippen LogP) is 3.06. The number of aldehydes is 1. The molecule has 0 amide bonds. The van der Waals surface area contributed by atoms with Crippen molar-refractivity contribution >= 4 is 49.3 Å². The fourth-order valence-corrected chi connectivity index (χ4v) is 2.77. The molecule has 66 valence electrons. The molecule has 1 heterocycles. The number of nitrogen functional groups attached to an aromatic ring is 1. The Morgan fingerprint density at radius 1 is 1.46 bits per heavy atom. The zero-order valence-electron chi connectivity index (χ0n) is 6.58. The van der Waals surface area contributed by atoms with Gasteiger partial charge in [-0.15, -0.1) is 11.3 Å². The minimum Gasteiger partial charge on any atom is -0.398 e. The highest BCUT2D eigenvalue weighted by atomic mass is 79.9. The summed E-state index contributed by atoms with van der Waals surface area (Å²) >= 11 is 5.00. The summed E-state index contributed by atoms with van der Waals surface area (Å²) in [6.07, 6.45) is 0.780. The number of carbonyl (C=O) groups is 1. The van der Waals surface area contributed by atoms with Crippen molar-refractivity contribution in [3.05, 3.63) is 27.5 Å². The summed E-state index contributed by atoms with van der Waals surface area (Å²) in [6, 6.07) is 3.63. The van der Waals surface area contributed by atoms with Crippen molar-refractivity contribution < 1.29 is 4.79 Å². The van der Waals surface area contributed by atoms with Gasteiger partial charge in [-0.2, -0.15) is 0 Å². The largest absolute Gasteiger partial charge is 0.398 e. The van der Waals surface area contributed by atoms with Crippen molar-refractivity contribution in [3.63, 3.8) is 0 Å². The van der Waals surface area contributed by atoms with Gasteiger partial charge in [0.25, 0.3) is 0 Å². The third-order valence-electron chi connectivity index (χ3n) is 1.86. The molecule has 0 aliphatic heterocycles. The van der Waals surface area contributed by atoms with Gasteiger partial charge < -0.3 is 5.73 Å². The van der Waals surface area contributed by atoms with E-state index in [0.29, 0.717) is 11.3 Å². The molecule has 0 atom stereocenters. The van der Waals surface area contributed by atoms with Crippen LogP contribution >= 0.6 is 27.3 Å². The Morgan fingerprint density at radius 3 is 2.92 bits per heavy atom. The van der Waals surface area contributed by atoms with Gasteiger partial charge in [-0.3, -0.25) is 4.79 Å². The van der Waals surface area contributed by atoms with Crippen molar-refractivity contribution in [1.29, 1.82) is 0 Å². The molecule has 4 heteroatoms. The number of fused-ring (bicyclic) bond motifs is 1. The van der Waals surface area contributed by atoms with Crippen LogP contribution in [0.4, 0.5) is 5.69 Å². The predicted molar refractivity (Wildman–Crippen MR) is 59.3 cm³/mol. The maximum atomic E-state index is 10.6. The van der Waals surface area contributed by atoms with Gasteiger partial charge in [-0.25, -0.2) is 0 Å². The number of anilines is 1. The first-order valence-electron chi connectivity index (χ1n) is 3.64. The Balaban J connectivity index is 2.83. The maximum Gasteiger partial charge on any atom is 0.152 e. The van der Waals surface area contributed by atoms with Crippen molar-refractivity contribution in [2.75, 3.05) is 5.73 Å². The van der Waals surface area contributed by atoms with E-state index in [2.05, 4.69) is 15.9 Å². The highest BCUT2D eigenvalue weighted by molar-refractivity contribution is 9.10. The van der Waals surface area contributed by atoms with Crippen LogP contribution in [-0.4, -0.2) is 6.29 Å². The summed E-state index contributed by atoms with van der Waals surface area (Å²) < 4.78 is 2.10. The molecular weight excluding hydrogens is 250 g/mol. The van der Waals surface area contributed by atoms with Gasteiger partial charge >= 0.3 is 0 Å². The highest BCUT2D eigenvalue weighted by Gasteiger charge is 2.05. The van der Waals surface area contributed by atoms with E-state index in [9.17, 15) is 4.79 Å². The van der Waals surface area contributed by atoms with E-state index in [1.165, 1.54) is 0 Å². The van der Waals surface area contributed by atoms with Crippen LogP contribution in [0, 0.1) is 0 Å². The monoisotopic (exact) mass is 255 g/mol. The van der Waals surface area contributed by atoms with E-state index in [0.717, 1.165) is 20.8 Å². The van der Waals surface area contributed by atoms with Crippen LogP contribution in [-0.2, 0) is 0 Å². The van der Waals surface area contributed by atoms with Crippen LogP contribution in [0.5, 0.6) is 0 Å². The number of hydrogen-bond acceptors (Lipinski definition) is 3. The zero-order chi connectivity index (χ0) is 9.42. The third-order valence-corrected chi connectivity index (χ3v) is 3.76. The molecular formula is C9H6BrNOS. The molecule has 1 aromatic carbocycles. The lowest BCUT2D eigenvalue weighted by Gasteiger charge is -1.98. The lowest BCUT2D eigenvalue weighted by Crippen LogP contribution is -1.91. The summed E-state index contributed by atoms with van der Waals surface area (Å²) in [7, 11) is 0. The second-order valence-corrected chi connectivity index (χ2v) is 4.44. The Morgan fingerprint density at radius 2 is 2.23 bits per heavy atom. The number of hydrogen-bond donors (Lipinski definition) is 1. The average Bonchev–Trinajstić information content (AvgIpc) is 2.47. The standard InChI is InChI=1S/C9H6BrNOS/c10-7-4-13-9-1-5(3-12)8(11)2-6(7)9/h1-4H,11H2. The van der Waals surface area contributed by atoms with Gasteiger partial charge in [0.05, 0.1) is 0 Å². The molecule has 0 unspecified atom stereocenters. The van der Waals surface area contributed by atoms with E-state index < -0.39 is 0 Å². The first kappa shape index (κ1) is 8.72. The number of carbonyl (C=O) groups excluding carboxylic acids is 1. The molecule has 2 aromatic rings. The van der Waals surface area contributed by atoms with Gasteiger partial charge in [0, 0.05) is 31.2 Å². The fourth-order valence-electron chi connectivity index (χ4n) is 1.18. The van der Waals surface area contributed by atoms with Crippen LogP contribution in [0.3, 0.4) is 0 Å². The molecule has 0 bridgehead atoms. The topological polar surface area (TPSA) is 43.1 Å². The van der Waals surface area contributed by atoms with Crippen LogP contribution < -0.4 is 5.73 Å². The Kier molecular flexibility index (Phi) is 2.09. The van der Waals surface area contributed by atoms with Crippen LogP contribution in [0.1, 0.15) is 10.4 Å². The molecule has 0 fully saturated rings. The Labute approximate surface area is 87.5 Å². The van der Waals surface area contributed by atoms with Crippen molar-refractivity contribution in [2.45, 2.75) is 0 Å². The summed E-state index contributed by atoms with van der Waals surface area (Å²) in [5, 5.41) is 3.05. The van der Waals surface area contributed by atoms with Crippen molar-refractivity contribution in [2.24, 2.45) is 0 Å². The number of nitrogens with two attached hydrogens (primary N) is 1. The second-order valence-electron chi connectivity index (χ2n) is 2.68. The molecule has 0 spiro atoms. The first-order valence-corrected chi connectivity index (χ1v) is 5.31. The quantitative estimate of drug-likeness (QED) is 0.629. The molecule has 2 nitrogen and oxygen atoms in total. The normalized spacial score (nSPS) is 10.5. The second kappa shape index (κ2) is 3.12.